The second-order valence-electron chi connectivity index (χ2n) is 7.01. The van der Waals surface area contributed by atoms with E-state index in [0.29, 0.717) is 0 Å². The van der Waals surface area contributed by atoms with Gasteiger partial charge in [0.15, 0.2) is 0 Å². The first-order valence-corrected chi connectivity index (χ1v) is 9.11. The molecule has 29 heavy (non-hydrogen) atoms. The number of carbonyl (C=O) groups excluding carboxylic acids is 1. The van der Waals surface area contributed by atoms with E-state index >= 15 is 0 Å². The lowest BCUT2D eigenvalue weighted by Crippen LogP contribution is -2.17. The summed E-state index contributed by atoms with van der Waals surface area (Å²) in [5.74, 6) is -0.506. The molecule has 0 atom stereocenters. The molecule has 0 aliphatic carbocycles. The van der Waals surface area contributed by atoms with Crippen molar-refractivity contribution in [3.8, 4) is 5.69 Å². The number of hydrogen-bond donors (Lipinski definition) is 1. The average molecular weight is 390 g/mol. The van der Waals surface area contributed by atoms with Crippen LogP contribution in [0.2, 0.25) is 0 Å². The van der Waals surface area contributed by atoms with E-state index in [9.17, 15) is 14.9 Å². The summed E-state index contributed by atoms with van der Waals surface area (Å²) in [7, 11) is 0. The normalized spacial score (nSPS) is 11.0. The standard InChI is InChI=1S/C22H22N4O3/c1-14-8-15(2)10-21(9-14)25-16(3)11-19(17(25)4)13-23-24-22(27)18-6-5-7-20(12-18)26(28)29/h5-13H,1-4H3,(H,24,27)/b23-13-. The van der Waals surface area contributed by atoms with Gasteiger partial charge in [-0.3, -0.25) is 14.9 Å². The van der Waals surface area contributed by atoms with Crippen LogP contribution in [0.4, 0.5) is 5.69 Å². The Hall–Kier alpha value is -3.74. The highest BCUT2D eigenvalue weighted by atomic mass is 16.6. The number of benzene rings is 2. The quantitative estimate of drug-likeness (QED) is 0.398. The second-order valence-corrected chi connectivity index (χ2v) is 7.01. The Labute approximate surface area is 168 Å². The molecule has 1 N–H and O–H groups in total. The molecule has 0 aliphatic heterocycles. The van der Waals surface area contributed by atoms with Crippen LogP contribution in [0.25, 0.3) is 5.69 Å². The van der Waals surface area contributed by atoms with E-state index in [-0.39, 0.29) is 11.3 Å². The van der Waals surface area contributed by atoms with Crippen LogP contribution in [-0.4, -0.2) is 21.6 Å². The van der Waals surface area contributed by atoms with Gasteiger partial charge in [-0.1, -0.05) is 12.1 Å². The molecule has 0 saturated heterocycles. The lowest BCUT2D eigenvalue weighted by molar-refractivity contribution is -0.384. The Balaban J connectivity index is 1.80. The van der Waals surface area contributed by atoms with E-state index in [2.05, 4.69) is 47.1 Å². The van der Waals surface area contributed by atoms with Gasteiger partial charge in [-0.25, -0.2) is 5.43 Å². The third-order valence-corrected chi connectivity index (χ3v) is 4.62. The third kappa shape index (κ3) is 4.40. The Morgan fingerprint density at radius 2 is 1.76 bits per heavy atom. The molecule has 1 aromatic heterocycles. The fourth-order valence-corrected chi connectivity index (χ4v) is 3.38. The average Bonchev–Trinajstić information content (AvgIpc) is 2.94. The maximum absolute atomic E-state index is 12.2. The zero-order chi connectivity index (χ0) is 21.1. The van der Waals surface area contributed by atoms with E-state index in [0.717, 1.165) is 22.6 Å². The number of aryl methyl sites for hydroxylation is 3. The smallest absolute Gasteiger partial charge is 0.271 e. The van der Waals surface area contributed by atoms with Gasteiger partial charge in [0, 0.05) is 40.3 Å². The summed E-state index contributed by atoms with van der Waals surface area (Å²) in [6, 6.07) is 13.9. The van der Waals surface area contributed by atoms with Crippen molar-refractivity contribution >= 4 is 17.8 Å². The van der Waals surface area contributed by atoms with E-state index in [1.807, 2.05) is 19.9 Å². The molecule has 7 heteroatoms. The minimum Gasteiger partial charge on any atom is -0.318 e. The highest BCUT2D eigenvalue weighted by molar-refractivity contribution is 5.95. The number of amides is 1. The number of nitrogens with zero attached hydrogens (tertiary/aromatic N) is 3. The summed E-state index contributed by atoms with van der Waals surface area (Å²) >= 11 is 0. The van der Waals surface area contributed by atoms with Crippen molar-refractivity contribution < 1.29 is 9.72 Å². The molecule has 0 bridgehead atoms. The van der Waals surface area contributed by atoms with E-state index in [1.54, 1.807) is 6.21 Å². The molecule has 3 rings (SSSR count). The van der Waals surface area contributed by atoms with Crippen molar-refractivity contribution in [1.29, 1.82) is 0 Å². The summed E-state index contributed by atoms with van der Waals surface area (Å²) in [5, 5.41) is 14.9. The van der Waals surface area contributed by atoms with Crippen LogP contribution in [0.3, 0.4) is 0 Å². The van der Waals surface area contributed by atoms with Gasteiger partial charge < -0.3 is 4.57 Å². The molecule has 0 fully saturated rings. The van der Waals surface area contributed by atoms with E-state index in [4.69, 9.17) is 0 Å². The lowest BCUT2D eigenvalue weighted by Gasteiger charge is -2.11. The van der Waals surface area contributed by atoms with Crippen LogP contribution in [-0.2, 0) is 0 Å². The second kappa shape index (κ2) is 8.10. The molecule has 0 unspecified atom stereocenters. The molecular weight excluding hydrogens is 368 g/mol. The number of non-ortho nitro benzene ring substituents is 1. The SMILES string of the molecule is Cc1cc(C)cc(-n2c(C)cc(/C=N\NC(=O)c3cccc([N+](=O)[O-])c3)c2C)c1. The fourth-order valence-electron chi connectivity index (χ4n) is 3.38. The van der Waals surface area contributed by atoms with Gasteiger partial charge in [0.25, 0.3) is 11.6 Å². The zero-order valence-corrected chi connectivity index (χ0v) is 16.8. The molecular formula is C22H22N4O3. The number of hydrogen-bond acceptors (Lipinski definition) is 4. The molecule has 1 heterocycles. The third-order valence-electron chi connectivity index (χ3n) is 4.62. The van der Waals surface area contributed by atoms with Gasteiger partial charge in [0.2, 0.25) is 0 Å². The first-order chi connectivity index (χ1) is 13.8. The molecule has 2 aromatic carbocycles. The number of hydrazone groups is 1. The van der Waals surface area contributed by atoms with Gasteiger partial charge in [-0.2, -0.15) is 5.10 Å². The van der Waals surface area contributed by atoms with Crippen molar-refractivity contribution in [2.45, 2.75) is 27.7 Å². The predicted octanol–water partition coefficient (Wildman–Crippen LogP) is 4.38. The lowest BCUT2D eigenvalue weighted by atomic mass is 10.1. The van der Waals surface area contributed by atoms with Crippen LogP contribution in [0.5, 0.6) is 0 Å². The van der Waals surface area contributed by atoms with Crippen LogP contribution in [0.1, 0.15) is 38.4 Å². The van der Waals surface area contributed by atoms with Gasteiger partial charge in [0.1, 0.15) is 0 Å². The maximum atomic E-state index is 12.2. The Bertz CT molecular complexity index is 1110. The van der Waals surface area contributed by atoms with Crippen molar-refractivity contribution in [1.82, 2.24) is 9.99 Å². The van der Waals surface area contributed by atoms with E-state index in [1.165, 1.54) is 35.4 Å². The Kier molecular flexibility index (Phi) is 5.59. The van der Waals surface area contributed by atoms with Crippen LogP contribution >= 0.6 is 0 Å². The van der Waals surface area contributed by atoms with Gasteiger partial charge >= 0.3 is 0 Å². The predicted molar refractivity (Wildman–Crippen MR) is 113 cm³/mol. The first-order valence-electron chi connectivity index (χ1n) is 9.11. The maximum Gasteiger partial charge on any atom is 0.271 e. The van der Waals surface area contributed by atoms with Crippen molar-refractivity contribution in [2.75, 3.05) is 0 Å². The summed E-state index contributed by atoms with van der Waals surface area (Å²) < 4.78 is 2.14. The van der Waals surface area contributed by atoms with Crippen LogP contribution < -0.4 is 5.43 Å². The largest absolute Gasteiger partial charge is 0.318 e. The summed E-state index contributed by atoms with van der Waals surface area (Å²) in [6.07, 6.45) is 1.58. The van der Waals surface area contributed by atoms with Crippen molar-refractivity contribution in [2.24, 2.45) is 5.10 Å². The molecule has 1 amide bonds. The van der Waals surface area contributed by atoms with Gasteiger partial charge in [-0.15, -0.1) is 0 Å². The highest BCUT2D eigenvalue weighted by Crippen LogP contribution is 2.22. The minimum atomic E-state index is -0.540. The molecule has 0 saturated carbocycles. The number of nitrogens with one attached hydrogen (secondary N) is 1. The molecule has 148 valence electrons. The van der Waals surface area contributed by atoms with Crippen LogP contribution in [0.15, 0.2) is 53.6 Å². The van der Waals surface area contributed by atoms with Crippen molar-refractivity contribution in [3.63, 3.8) is 0 Å². The van der Waals surface area contributed by atoms with Crippen molar-refractivity contribution in [3.05, 3.63) is 92.3 Å². The number of carbonyl (C=O) groups is 1. The first kappa shape index (κ1) is 20.0. The molecule has 0 radical (unpaired) electrons. The zero-order valence-electron chi connectivity index (χ0n) is 16.8. The molecule has 0 spiro atoms. The van der Waals surface area contributed by atoms with Gasteiger partial charge in [-0.05, 0) is 63.1 Å². The van der Waals surface area contributed by atoms with E-state index < -0.39 is 10.8 Å². The minimum absolute atomic E-state index is 0.140. The topological polar surface area (TPSA) is 89.5 Å². The number of nitro groups is 1. The molecule has 0 aliphatic rings. The highest BCUT2D eigenvalue weighted by Gasteiger charge is 2.12. The Morgan fingerprint density at radius 3 is 2.41 bits per heavy atom. The van der Waals surface area contributed by atoms with Crippen LogP contribution in [0, 0.1) is 37.8 Å². The molecule has 7 nitrogen and oxygen atoms in total. The number of aromatic nitrogens is 1. The Morgan fingerprint density at radius 1 is 1.07 bits per heavy atom. The fraction of sp³-hybridized carbons (Fsp3) is 0.182. The summed E-state index contributed by atoms with van der Waals surface area (Å²) in [5.41, 5.74) is 8.85. The number of nitro benzene ring substituents is 1. The molecule has 3 aromatic rings. The summed E-state index contributed by atoms with van der Waals surface area (Å²) in [4.78, 5) is 22.5. The summed E-state index contributed by atoms with van der Waals surface area (Å²) in [6.45, 7) is 8.14. The van der Waals surface area contributed by atoms with Gasteiger partial charge in [0.05, 0.1) is 11.1 Å². The monoisotopic (exact) mass is 390 g/mol. The number of rotatable bonds is 5.